The summed E-state index contributed by atoms with van der Waals surface area (Å²) < 4.78 is 0. The van der Waals surface area contributed by atoms with E-state index >= 15 is 0 Å². The van der Waals surface area contributed by atoms with Gasteiger partial charge in [-0.2, -0.15) is 0 Å². The van der Waals surface area contributed by atoms with Gasteiger partial charge in [-0.25, -0.2) is 4.98 Å². The molecule has 3 heteroatoms. The summed E-state index contributed by atoms with van der Waals surface area (Å²) in [5, 5.41) is 2.39. The molecule has 0 atom stereocenters. The van der Waals surface area contributed by atoms with E-state index in [1.54, 1.807) is 0 Å². The van der Waals surface area contributed by atoms with Crippen LogP contribution in [0, 0.1) is 0 Å². The number of nitrogens with zero attached hydrogens (tertiary/aromatic N) is 2. The lowest BCUT2D eigenvalue weighted by Crippen LogP contribution is -2.30. The summed E-state index contributed by atoms with van der Waals surface area (Å²) in [7, 11) is 0. The predicted octanol–water partition coefficient (Wildman–Crippen LogP) is 2.81. The third-order valence-corrected chi connectivity index (χ3v) is 3.42. The monoisotopic (exact) mass is 227 g/mol. The highest BCUT2D eigenvalue weighted by atomic mass is 15.2. The largest absolute Gasteiger partial charge is 0.399 e. The summed E-state index contributed by atoms with van der Waals surface area (Å²) in [6.45, 7) is 2.24. The molecule has 1 aliphatic rings. The molecule has 1 saturated heterocycles. The number of rotatable bonds is 1. The summed E-state index contributed by atoms with van der Waals surface area (Å²) in [6.07, 6.45) is 5.76. The van der Waals surface area contributed by atoms with Crippen molar-refractivity contribution in [2.45, 2.75) is 19.3 Å². The van der Waals surface area contributed by atoms with E-state index in [1.807, 2.05) is 24.4 Å². The molecule has 1 fully saturated rings. The molecular weight excluding hydrogens is 210 g/mol. The molecule has 2 heterocycles. The summed E-state index contributed by atoms with van der Waals surface area (Å²) in [5.74, 6) is 1.11. The van der Waals surface area contributed by atoms with Crippen LogP contribution in [0.25, 0.3) is 10.8 Å². The Morgan fingerprint density at radius 1 is 1.06 bits per heavy atom. The van der Waals surface area contributed by atoms with E-state index < -0.39 is 0 Å². The average Bonchev–Trinajstić information content (AvgIpc) is 2.39. The van der Waals surface area contributed by atoms with Gasteiger partial charge in [0.25, 0.3) is 0 Å². The van der Waals surface area contributed by atoms with E-state index in [1.165, 1.54) is 30.0 Å². The van der Waals surface area contributed by atoms with E-state index in [0.29, 0.717) is 0 Å². The predicted molar refractivity (Wildman–Crippen MR) is 72.2 cm³/mol. The van der Waals surface area contributed by atoms with Crippen molar-refractivity contribution in [1.82, 2.24) is 4.98 Å². The molecule has 3 nitrogen and oxygen atoms in total. The zero-order valence-electron chi connectivity index (χ0n) is 9.89. The molecule has 0 bridgehead atoms. The Morgan fingerprint density at radius 3 is 2.71 bits per heavy atom. The SMILES string of the molecule is Nc1ccc2c(N3CCCCC3)nccc2c1. The number of nitrogens with two attached hydrogens (primary N) is 1. The van der Waals surface area contributed by atoms with Crippen molar-refractivity contribution in [2.24, 2.45) is 0 Å². The number of anilines is 2. The number of hydrogen-bond acceptors (Lipinski definition) is 3. The van der Waals surface area contributed by atoms with E-state index in [4.69, 9.17) is 5.73 Å². The van der Waals surface area contributed by atoms with Gasteiger partial charge in [0.05, 0.1) is 0 Å². The fraction of sp³-hybridized carbons (Fsp3) is 0.357. The van der Waals surface area contributed by atoms with E-state index in [0.717, 1.165) is 24.6 Å². The average molecular weight is 227 g/mol. The molecule has 0 radical (unpaired) electrons. The first kappa shape index (κ1) is 10.4. The molecule has 88 valence electrons. The summed E-state index contributed by atoms with van der Waals surface area (Å²) in [4.78, 5) is 6.94. The van der Waals surface area contributed by atoms with Crippen LogP contribution in [-0.4, -0.2) is 18.1 Å². The second kappa shape index (κ2) is 4.24. The molecule has 0 spiro atoms. The van der Waals surface area contributed by atoms with Gasteiger partial charge in [0.2, 0.25) is 0 Å². The minimum absolute atomic E-state index is 0.813. The Bertz CT molecular complexity index is 530. The number of hydrogen-bond donors (Lipinski definition) is 1. The zero-order chi connectivity index (χ0) is 11.7. The van der Waals surface area contributed by atoms with Crippen LogP contribution >= 0.6 is 0 Å². The van der Waals surface area contributed by atoms with Crippen LogP contribution in [0.2, 0.25) is 0 Å². The standard InChI is InChI=1S/C14H17N3/c15-12-4-5-13-11(10-12)6-7-16-14(13)17-8-2-1-3-9-17/h4-7,10H,1-3,8-9,15H2. The van der Waals surface area contributed by atoms with Crippen LogP contribution < -0.4 is 10.6 Å². The molecule has 1 aromatic carbocycles. The molecule has 2 N–H and O–H groups in total. The minimum atomic E-state index is 0.813. The second-order valence-corrected chi connectivity index (χ2v) is 4.66. The van der Waals surface area contributed by atoms with E-state index in [2.05, 4.69) is 16.0 Å². The number of aromatic nitrogens is 1. The highest BCUT2D eigenvalue weighted by Crippen LogP contribution is 2.27. The van der Waals surface area contributed by atoms with Crippen molar-refractivity contribution in [3.8, 4) is 0 Å². The maximum atomic E-state index is 5.82. The number of nitrogen functional groups attached to an aromatic ring is 1. The minimum Gasteiger partial charge on any atom is -0.399 e. The molecule has 1 aromatic heterocycles. The summed E-state index contributed by atoms with van der Waals surface area (Å²) in [5.41, 5.74) is 6.63. The quantitative estimate of drug-likeness (QED) is 0.762. The zero-order valence-corrected chi connectivity index (χ0v) is 9.89. The van der Waals surface area contributed by atoms with Crippen molar-refractivity contribution in [3.05, 3.63) is 30.5 Å². The number of fused-ring (bicyclic) bond motifs is 1. The van der Waals surface area contributed by atoms with Gasteiger partial charge < -0.3 is 10.6 Å². The Kier molecular flexibility index (Phi) is 2.59. The normalized spacial score (nSPS) is 16.4. The van der Waals surface area contributed by atoms with Crippen molar-refractivity contribution >= 4 is 22.3 Å². The Balaban J connectivity index is 2.09. The van der Waals surface area contributed by atoms with Gasteiger partial charge in [-0.15, -0.1) is 0 Å². The molecule has 1 aliphatic heterocycles. The number of pyridine rings is 1. The lowest BCUT2D eigenvalue weighted by Gasteiger charge is -2.28. The van der Waals surface area contributed by atoms with Gasteiger partial charge >= 0.3 is 0 Å². The Hall–Kier alpha value is -1.77. The fourth-order valence-corrected chi connectivity index (χ4v) is 2.54. The Labute approximate surface area is 101 Å². The van der Waals surface area contributed by atoms with Gasteiger partial charge in [-0.3, -0.25) is 0 Å². The first-order valence-corrected chi connectivity index (χ1v) is 6.24. The Morgan fingerprint density at radius 2 is 1.88 bits per heavy atom. The van der Waals surface area contributed by atoms with Crippen LogP contribution in [0.1, 0.15) is 19.3 Å². The number of benzene rings is 1. The van der Waals surface area contributed by atoms with Crippen molar-refractivity contribution in [1.29, 1.82) is 0 Å². The van der Waals surface area contributed by atoms with Crippen LogP contribution in [-0.2, 0) is 0 Å². The second-order valence-electron chi connectivity index (χ2n) is 4.66. The molecule has 3 rings (SSSR count). The first-order chi connectivity index (χ1) is 8.34. The van der Waals surface area contributed by atoms with Gasteiger partial charge in [0, 0.05) is 30.4 Å². The third kappa shape index (κ3) is 1.93. The number of piperidine rings is 1. The highest BCUT2D eigenvalue weighted by Gasteiger charge is 2.14. The molecule has 2 aromatic rings. The van der Waals surface area contributed by atoms with Crippen LogP contribution in [0.4, 0.5) is 11.5 Å². The maximum absolute atomic E-state index is 5.82. The molecule has 0 aliphatic carbocycles. The van der Waals surface area contributed by atoms with E-state index in [-0.39, 0.29) is 0 Å². The van der Waals surface area contributed by atoms with Crippen molar-refractivity contribution in [3.63, 3.8) is 0 Å². The van der Waals surface area contributed by atoms with Crippen molar-refractivity contribution < 1.29 is 0 Å². The molecular formula is C14H17N3. The highest BCUT2D eigenvalue weighted by molar-refractivity contribution is 5.93. The van der Waals surface area contributed by atoms with Gasteiger partial charge in [-0.05, 0) is 48.9 Å². The molecule has 17 heavy (non-hydrogen) atoms. The first-order valence-electron chi connectivity index (χ1n) is 6.24. The third-order valence-electron chi connectivity index (χ3n) is 3.42. The maximum Gasteiger partial charge on any atom is 0.136 e. The van der Waals surface area contributed by atoms with Gasteiger partial charge in [0.15, 0.2) is 0 Å². The van der Waals surface area contributed by atoms with Crippen molar-refractivity contribution in [2.75, 3.05) is 23.7 Å². The fourth-order valence-electron chi connectivity index (χ4n) is 2.54. The van der Waals surface area contributed by atoms with Crippen LogP contribution in [0.3, 0.4) is 0 Å². The van der Waals surface area contributed by atoms with Crippen LogP contribution in [0.15, 0.2) is 30.5 Å². The topological polar surface area (TPSA) is 42.1 Å². The molecule has 0 amide bonds. The smallest absolute Gasteiger partial charge is 0.136 e. The van der Waals surface area contributed by atoms with E-state index in [9.17, 15) is 0 Å². The lowest BCUT2D eigenvalue weighted by molar-refractivity contribution is 0.575. The van der Waals surface area contributed by atoms with Gasteiger partial charge in [0.1, 0.15) is 5.82 Å². The van der Waals surface area contributed by atoms with Gasteiger partial charge in [-0.1, -0.05) is 0 Å². The molecule has 0 saturated carbocycles. The summed E-state index contributed by atoms with van der Waals surface area (Å²) >= 11 is 0. The van der Waals surface area contributed by atoms with Crippen LogP contribution in [0.5, 0.6) is 0 Å². The lowest BCUT2D eigenvalue weighted by atomic mass is 10.1. The molecule has 0 unspecified atom stereocenters. The summed E-state index contributed by atoms with van der Waals surface area (Å²) in [6, 6.07) is 8.09.